The molecule has 2 aromatic rings. The molecule has 90 valence electrons. The van der Waals surface area contributed by atoms with Gasteiger partial charge in [-0.3, -0.25) is 4.68 Å². The Bertz CT molecular complexity index is 528. The zero-order valence-corrected chi connectivity index (χ0v) is 10.6. The van der Waals surface area contributed by atoms with Gasteiger partial charge in [0.05, 0.1) is 0 Å². The Hall–Kier alpha value is -1.68. The van der Waals surface area contributed by atoms with Crippen molar-refractivity contribution < 1.29 is 0 Å². The first kappa shape index (κ1) is 11.8. The minimum absolute atomic E-state index is 0.596. The van der Waals surface area contributed by atoms with Gasteiger partial charge in [-0.15, -0.1) is 0 Å². The summed E-state index contributed by atoms with van der Waals surface area (Å²) in [5.41, 5.74) is 9.10. The highest BCUT2D eigenvalue weighted by Crippen LogP contribution is 2.21. The molecule has 0 fully saturated rings. The van der Waals surface area contributed by atoms with Crippen molar-refractivity contribution in [2.45, 2.75) is 20.3 Å². The Morgan fingerprint density at radius 3 is 2.71 bits per heavy atom. The highest BCUT2D eigenvalue weighted by Gasteiger charge is 2.10. The maximum Gasteiger partial charge on any atom is 0.181 e. The summed E-state index contributed by atoms with van der Waals surface area (Å²) in [6, 6.07) is 6.31. The van der Waals surface area contributed by atoms with Gasteiger partial charge in [0.1, 0.15) is 5.82 Å². The second-order valence-corrected chi connectivity index (χ2v) is 4.33. The molecule has 4 nitrogen and oxygen atoms in total. The molecule has 0 aliphatic heterocycles. The van der Waals surface area contributed by atoms with E-state index < -0.39 is 0 Å². The van der Waals surface area contributed by atoms with Crippen LogP contribution in [0.5, 0.6) is 0 Å². The lowest BCUT2D eigenvalue weighted by Crippen LogP contribution is -2.08. The van der Waals surface area contributed by atoms with E-state index in [4.69, 9.17) is 5.73 Å². The highest BCUT2D eigenvalue weighted by atomic mass is 15.3. The lowest BCUT2D eigenvalue weighted by Gasteiger charge is -2.02. The second kappa shape index (κ2) is 4.67. The minimum atomic E-state index is 0.596. The lowest BCUT2D eigenvalue weighted by molar-refractivity contribution is 0.697. The van der Waals surface area contributed by atoms with Crippen molar-refractivity contribution >= 4 is 0 Å². The topological polar surface area (TPSA) is 56.7 Å². The van der Waals surface area contributed by atoms with Crippen LogP contribution in [-0.4, -0.2) is 21.3 Å². The highest BCUT2D eigenvalue weighted by molar-refractivity contribution is 5.60. The fourth-order valence-electron chi connectivity index (χ4n) is 1.94. The van der Waals surface area contributed by atoms with E-state index in [2.05, 4.69) is 42.1 Å². The van der Waals surface area contributed by atoms with Crippen LogP contribution in [0.15, 0.2) is 18.2 Å². The summed E-state index contributed by atoms with van der Waals surface area (Å²) in [7, 11) is 1.91. The molecule has 17 heavy (non-hydrogen) atoms. The number of aromatic nitrogens is 3. The maximum atomic E-state index is 5.55. The molecule has 0 aliphatic rings. The average Bonchev–Trinajstić information content (AvgIpc) is 2.60. The molecule has 1 heterocycles. The molecule has 1 aromatic heterocycles. The first-order valence-corrected chi connectivity index (χ1v) is 5.79. The van der Waals surface area contributed by atoms with Gasteiger partial charge < -0.3 is 5.73 Å². The van der Waals surface area contributed by atoms with Gasteiger partial charge in [-0.05, 0) is 26.0 Å². The molecule has 0 aliphatic carbocycles. The number of nitrogens with zero attached hydrogens (tertiary/aromatic N) is 3. The third kappa shape index (κ3) is 2.36. The summed E-state index contributed by atoms with van der Waals surface area (Å²) in [5, 5.41) is 4.44. The Morgan fingerprint density at radius 2 is 2.06 bits per heavy atom. The van der Waals surface area contributed by atoms with Crippen molar-refractivity contribution in [2.24, 2.45) is 12.8 Å². The van der Waals surface area contributed by atoms with Crippen molar-refractivity contribution in [1.82, 2.24) is 14.8 Å². The molecule has 2 N–H and O–H groups in total. The molecular formula is C13H18N4. The van der Waals surface area contributed by atoms with Gasteiger partial charge in [0.25, 0.3) is 0 Å². The van der Waals surface area contributed by atoms with Crippen LogP contribution in [0.2, 0.25) is 0 Å². The van der Waals surface area contributed by atoms with Crippen molar-refractivity contribution in [3.63, 3.8) is 0 Å². The molecule has 0 saturated heterocycles. The zero-order chi connectivity index (χ0) is 12.4. The molecule has 0 radical (unpaired) electrons. The van der Waals surface area contributed by atoms with Crippen LogP contribution >= 0.6 is 0 Å². The molecule has 0 unspecified atom stereocenters. The Kier molecular flexibility index (Phi) is 3.24. The number of hydrogen-bond donors (Lipinski definition) is 1. The molecule has 0 saturated carbocycles. The molecule has 4 heteroatoms. The van der Waals surface area contributed by atoms with Crippen LogP contribution in [0, 0.1) is 13.8 Å². The summed E-state index contributed by atoms with van der Waals surface area (Å²) in [6.07, 6.45) is 0.758. The largest absolute Gasteiger partial charge is 0.330 e. The normalized spacial score (nSPS) is 10.8. The van der Waals surface area contributed by atoms with Gasteiger partial charge in [0.2, 0.25) is 0 Å². The van der Waals surface area contributed by atoms with Crippen LogP contribution < -0.4 is 5.73 Å². The monoisotopic (exact) mass is 230 g/mol. The van der Waals surface area contributed by atoms with E-state index in [0.717, 1.165) is 23.6 Å². The lowest BCUT2D eigenvalue weighted by atomic mass is 10.1. The average molecular weight is 230 g/mol. The Morgan fingerprint density at radius 1 is 1.29 bits per heavy atom. The van der Waals surface area contributed by atoms with E-state index in [1.54, 1.807) is 0 Å². The number of hydrogen-bond acceptors (Lipinski definition) is 3. The number of aryl methyl sites for hydroxylation is 3. The standard InChI is InChI=1S/C13H18N4/c1-9-4-5-11(10(2)8-9)13-15-12(6-7-14)17(3)16-13/h4-5,8H,6-7,14H2,1-3H3. The molecule has 0 amide bonds. The van der Waals surface area contributed by atoms with Crippen molar-refractivity contribution in [1.29, 1.82) is 0 Å². The fourth-order valence-corrected chi connectivity index (χ4v) is 1.94. The zero-order valence-electron chi connectivity index (χ0n) is 10.6. The quantitative estimate of drug-likeness (QED) is 0.871. The van der Waals surface area contributed by atoms with E-state index >= 15 is 0 Å². The van der Waals surface area contributed by atoms with E-state index in [9.17, 15) is 0 Å². The smallest absolute Gasteiger partial charge is 0.181 e. The van der Waals surface area contributed by atoms with E-state index in [1.807, 2.05) is 11.7 Å². The van der Waals surface area contributed by atoms with Gasteiger partial charge in [0.15, 0.2) is 5.82 Å². The van der Waals surface area contributed by atoms with Crippen molar-refractivity contribution in [3.8, 4) is 11.4 Å². The van der Waals surface area contributed by atoms with Crippen LogP contribution in [0.4, 0.5) is 0 Å². The van der Waals surface area contributed by atoms with Crippen molar-refractivity contribution in [2.75, 3.05) is 6.54 Å². The van der Waals surface area contributed by atoms with E-state index in [-0.39, 0.29) is 0 Å². The van der Waals surface area contributed by atoms with E-state index in [0.29, 0.717) is 6.54 Å². The number of nitrogens with two attached hydrogens (primary N) is 1. The Balaban J connectivity index is 2.42. The SMILES string of the molecule is Cc1ccc(-c2nc(CCN)n(C)n2)c(C)c1. The van der Waals surface area contributed by atoms with Crippen LogP contribution in [0.3, 0.4) is 0 Å². The molecular weight excluding hydrogens is 212 g/mol. The van der Waals surface area contributed by atoms with Gasteiger partial charge in [-0.2, -0.15) is 5.10 Å². The summed E-state index contributed by atoms with van der Waals surface area (Å²) in [6.45, 7) is 4.77. The first-order valence-electron chi connectivity index (χ1n) is 5.79. The summed E-state index contributed by atoms with van der Waals surface area (Å²) in [5.74, 6) is 1.72. The molecule has 0 bridgehead atoms. The second-order valence-electron chi connectivity index (χ2n) is 4.33. The minimum Gasteiger partial charge on any atom is -0.330 e. The summed E-state index contributed by atoms with van der Waals surface area (Å²) < 4.78 is 1.81. The first-order chi connectivity index (χ1) is 8.11. The maximum absolute atomic E-state index is 5.55. The predicted octanol–water partition coefficient (Wildman–Crippen LogP) is 1.60. The number of rotatable bonds is 3. The molecule has 2 rings (SSSR count). The van der Waals surface area contributed by atoms with Crippen LogP contribution in [-0.2, 0) is 13.5 Å². The van der Waals surface area contributed by atoms with Gasteiger partial charge in [-0.25, -0.2) is 4.98 Å². The fraction of sp³-hybridized carbons (Fsp3) is 0.385. The summed E-state index contributed by atoms with van der Waals surface area (Å²) in [4.78, 5) is 4.53. The summed E-state index contributed by atoms with van der Waals surface area (Å²) >= 11 is 0. The number of benzene rings is 1. The van der Waals surface area contributed by atoms with Crippen LogP contribution in [0.1, 0.15) is 17.0 Å². The van der Waals surface area contributed by atoms with E-state index in [1.165, 1.54) is 11.1 Å². The molecule has 0 atom stereocenters. The third-order valence-electron chi connectivity index (χ3n) is 2.84. The van der Waals surface area contributed by atoms with Gasteiger partial charge in [-0.1, -0.05) is 23.8 Å². The van der Waals surface area contributed by atoms with Gasteiger partial charge in [0, 0.05) is 19.0 Å². The van der Waals surface area contributed by atoms with Gasteiger partial charge >= 0.3 is 0 Å². The molecule has 1 aromatic carbocycles. The van der Waals surface area contributed by atoms with Crippen molar-refractivity contribution in [3.05, 3.63) is 35.2 Å². The molecule has 0 spiro atoms. The van der Waals surface area contributed by atoms with Crippen LogP contribution in [0.25, 0.3) is 11.4 Å². The predicted molar refractivity (Wildman–Crippen MR) is 68.7 cm³/mol. The Labute approximate surface area is 101 Å². The third-order valence-corrected chi connectivity index (χ3v) is 2.84.